The normalized spacial score (nSPS) is 15.8. The number of amides is 1. The quantitative estimate of drug-likeness (QED) is 0.314. The maximum Gasteiger partial charge on any atom is 0.573 e. The molecule has 1 aromatic heterocycles. The number of rotatable bonds is 5. The van der Waals surface area contributed by atoms with Gasteiger partial charge in [0.05, 0.1) is 5.56 Å². The van der Waals surface area contributed by atoms with Crippen LogP contribution in [0.1, 0.15) is 40.7 Å². The predicted molar refractivity (Wildman–Crippen MR) is 126 cm³/mol. The van der Waals surface area contributed by atoms with Gasteiger partial charge in [-0.2, -0.15) is 4.98 Å². The first-order valence-corrected chi connectivity index (χ1v) is 11.5. The molecule has 0 bridgehead atoms. The van der Waals surface area contributed by atoms with Gasteiger partial charge in [0, 0.05) is 12.1 Å². The molecule has 0 radical (unpaired) electrons. The number of hydrogen-bond donors (Lipinski definition) is 0. The summed E-state index contributed by atoms with van der Waals surface area (Å²) in [4.78, 5) is 19.8. The van der Waals surface area contributed by atoms with Crippen LogP contribution in [0.4, 0.5) is 13.2 Å². The molecule has 0 spiro atoms. The topological polar surface area (TPSA) is 68.5 Å². The van der Waals surface area contributed by atoms with Gasteiger partial charge in [0.1, 0.15) is 11.8 Å². The van der Waals surface area contributed by atoms with Crippen molar-refractivity contribution >= 4 is 5.91 Å². The summed E-state index contributed by atoms with van der Waals surface area (Å²) in [7, 11) is 0. The summed E-state index contributed by atoms with van der Waals surface area (Å²) >= 11 is 0. The van der Waals surface area contributed by atoms with Crippen molar-refractivity contribution in [1.29, 1.82) is 0 Å². The van der Waals surface area contributed by atoms with Gasteiger partial charge in [0.15, 0.2) is 0 Å². The Hall–Kier alpha value is -4.14. The van der Waals surface area contributed by atoms with Gasteiger partial charge in [-0.1, -0.05) is 65.3 Å². The lowest BCUT2D eigenvalue weighted by Crippen LogP contribution is -2.31. The zero-order valence-electron chi connectivity index (χ0n) is 19.3. The van der Waals surface area contributed by atoms with Gasteiger partial charge in [-0.25, -0.2) is 0 Å². The van der Waals surface area contributed by atoms with Gasteiger partial charge >= 0.3 is 6.36 Å². The van der Waals surface area contributed by atoms with Crippen LogP contribution in [0.3, 0.4) is 0 Å². The van der Waals surface area contributed by atoms with E-state index >= 15 is 0 Å². The lowest BCUT2D eigenvalue weighted by atomic mass is 9.96. The Kier molecular flexibility index (Phi) is 6.22. The molecule has 6 nitrogen and oxygen atoms in total. The minimum absolute atomic E-state index is 0.0373. The van der Waals surface area contributed by atoms with Crippen molar-refractivity contribution in [1.82, 2.24) is 15.0 Å². The van der Waals surface area contributed by atoms with Crippen LogP contribution in [-0.2, 0) is 0 Å². The average Bonchev–Trinajstić information content (AvgIpc) is 3.53. The molecule has 1 atom stereocenters. The van der Waals surface area contributed by atoms with E-state index in [4.69, 9.17) is 4.52 Å². The summed E-state index contributed by atoms with van der Waals surface area (Å²) in [5, 5.41) is 3.90. The number of halogens is 3. The molecule has 4 aromatic rings. The van der Waals surface area contributed by atoms with Crippen LogP contribution in [0.2, 0.25) is 0 Å². The van der Waals surface area contributed by atoms with Gasteiger partial charge < -0.3 is 14.2 Å². The highest BCUT2D eigenvalue weighted by atomic mass is 19.4. The van der Waals surface area contributed by atoms with Crippen LogP contribution in [0, 0.1) is 6.92 Å². The van der Waals surface area contributed by atoms with E-state index in [9.17, 15) is 18.0 Å². The Balaban J connectivity index is 1.46. The maximum absolute atomic E-state index is 13.8. The minimum Gasteiger partial charge on any atom is -0.405 e. The molecule has 0 N–H and O–H groups in total. The van der Waals surface area contributed by atoms with Gasteiger partial charge in [-0.15, -0.1) is 13.2 Å². The van der Waals surface area contributed by atoms with Crippen molar-refractivity contribution in [3.8, 4) is 28.3 Å². The van der Waals surface area contributed by atoms with Crippen molar-refractivity contribution in [2.45, 2.75) is 32.2 Å². The molecule has 1 aliphatic rings. The number of para-hydroxylation sites is 1. The number of nitrogens with zero attached hydrogens (tertiary/aromatic N) is 3. The number of ether oxygens (including phenoxy) is 1. The second kappa shape index (κ2) is 9.49. The Bertz CT molecular complexity index is 1390. The van der Waals surface area contributed by atoms with E-state index in [0.717, 1.165) is 23.1 Å². The molecule has 1 fully saturated rings. The van der Waals surface area contributed by atoms with Gasteiger partial charge in [0.25, 0.3) is 5.91 Å². The zero-order chi connectivity index (χ0) is 25.3. The summed E-state index contributed by atoms with van der Waals surface area (Å²) in [6.07, 6.45) is -3.53. The van der Waals surface area contributed by atoms with E-state index in [1.807, 2.05) is 55.5 Å². The molecule has 1 aliphatic heterocycles. The van der Waals surface area contributed by atoms with Crippen LogP contribution in [0.15, 0.2) is 77.3 Å². The lowest BCUT2D eigenvalue weighted by Gasteiger charge is -2.23. The first-order chi connectivity index (χ1) is 17.3. The van der Waals surface area contributed by atoms with E-state index in [0.29, 0.717) is 18.5 Å². The van der Waals surface area contributed by atoms with Crippen LogP contribution in [0.5, 0.6) is 5.75 Å². The maximum atomic E-state index is 13.8. The summed E-state index contributed by atoms with van der Waals surface area (Å²) in [5.41, 5.74) is 3.32. The lowest BCUT2D eigenvalue weighted by molar-refractivity contribution is -0.274. The highest BCUT2D eigenvalue weighted by Crippen LogP contribution is 2.37. The first kappa shape index (κ1) is 23.6. The Morgan fingerprint density at radius 2 is 1.78 bits per heavy atom. The fourth-order valence-electron chi connectivity index (χ4n) is 4.47. The van der Waals surface area contributed by atoms with E-state index in [1.54, 1.807) is 11.0 Å². The van der Waals surface area contributed by atoms with Crippen molar-refractivity contribution < 1.29 is 27.2 Å². The number of benzene rings is 3. The highest BCUT2D eigenvalue weighted by molar-refractivity contribution is 6.01. The molecule has 0 aliphatic carbocycles. The molecule has 2 heterocycles. The van der Waals surface area contributed by atoms with Crippen molar-refractivity contribution in [3.05, 3.63) is 89.8 Å². The Morgan fingerprint density at radius 1 is 1.03 bits per heavy atom. The molecule has 184 valence electrons. The van der Waals surface area contributed by atoms with Crippen LogP contribution < -0.4 is 4.74 Å². The van der Waals surface area contributed by atoms with E-state index in [1.165, 1.54) is 18.2 Å². The fraction of sp³-hybridized carbons (Fsp3) is 0.222. The molecular formula is C27H22F3N3O3. The SMILES string of the molecule is Cc1ccc(-c2ccccc2)c(C(=O)N2CCCC2c2nc(-c3ccccc3OC(F)(F)F)no2)c1. The molecular weight excluding hydrogens is 471 g/mol. The van der Waals surface area contributed by atoms with Crippen LogP contribution in [0.25, 0.3) is 22.5 Å². The molecule has 1 unspecified atom stereocenters. The summed E-state index contributed by atoms with van der Waals surface area (Å²) in [6, 6.07) is 20.5. The molecule has 1 amide bonds. The van der Waals surface area contributed by atoms with Crippen molar-refractivity contribution in [2.75, 3.05) is 6.54 Å². The third-order valence-electron chi connectivity index (χ3n) is 6.08. The smallest absolute Gasteiger partial charge is 0.405 e. The van der Waals surface area contributed by atoms with Crippen molar-refractivity contribution in [2.24, 2.45) is 0 Å². The van der Waals surface area contributed by atoms with Gasteiger partial charge in [-0.3, -0.25) is 4.79 Å². The summed E-state index contributed by atoms with van der Waals surface area (Å²) in [6.45, 7) is 2.43. The van der Waals surface area contributed by atoms with Crippen molar-refractivity contribution in [3.63, 3.8) is 0 Å². The number of likely N-dealkylation sites (tertiary alicyclic amines) is 1. The van der Waals surface area contributed by atoms with E-state index in [2.05, 4.69) is 14.9 Å². The fourth-order valence-corrected chi connectivity index (χ4v) is 4.47. The third kappa shape index (κ3) is 4.82. The zero-order valence-corrected chi connectivity index (χ0v) is 19.3. The molecule has 9 heteroatoms. The molecule has 5 rings (SSSR count). The Morgan fingerprint density at radius 3 is 2.56 bits per heavy atom. The number of aromatic nitrogens is 2. The second-order valence-corrected chi connectivity index (χ2v) is 8.57. The third-order valence-corrected chi connectivity index (χ3v) is 6.08. The largest absolute Gasteiger partial charge is 0.573 e. The number of aryl methyl sites for hydroxylation is 1. The summed E-state index contributed by atoms with van der Waals surface area (Å²) < 4.78 is 48.1. The standard InChI is InChI=1S/C27H22F3N3O3/c1-17-13-14-19(18-8-3-2-4-9-18)21(16-17)26(34)33-15-7-11-22(33)25-31-24(32-36-25)20-10-5-6-12-23(20)35-27(28,29)30/h2-6,8-10,12-14,16,22H,7,11,15H2,1H3. The minimum atomic E-state index is -4.86. The molecule has 36 heavy (non-hydrogen) atoms. The van der Waals surface area contributed by atoms with E-state index in [-0.39, 0.29) is 23.2 Å². The predicted octanol–water partition coefficient (Wildman–Crippen LogP) is 6.59. The monoisotopic (exact) mass is 493 g/mol. The van der Waals surface area contributed by atoms with E-state index < -0.39 is 18.2 Å². The van der Waals surface area contributed by atoms with Crippen LogP contribution >= 0.6 is 0 Å². The molecule has 1 saturated heterocycles. The van der Waals surface area contributed by atoms with Crippen LogP contribution in [-0.4, -0.2) is 33.9 Å². The second-order valence-electron chi connectivity index (χ2n) is 8.57. The highest BCUT2D eigenvalue weighted by Gasteiger charge is 2.36. The summed E-state index contributed by atoms with van der Waals surface area (Å²) in [5.74, 6) is -0.458. The molecule has 0 saturated carbocycles. The number of carbonyl (C=O) groups excluding carboxylic acids is 1. The first-order valence-electron chi connectivity index (χ1n) is 11.5. The molecule has 3 aromatic carbocycles. The van der Waals surface area contributed by atoms with Gasteiger partial charge in [-0.05, 0) is 49.1 Å². The Labute approximate surface area is 205 Å². The van der Waals surface area contributed by atoms with Gasteiger partial charge in [0.2, 0.25) is 11.7 Å². The number of hydrogen-bond acceptors (Lipinski definition) is 5. The average molecular weight is 493 g/mol. The number of carbonyl (C=O) groups is 1. The number of alkyl halides is 3.